The summed E-state index contributed by atoms with van der Waals surface area (Å²) in [6, 6.07) is 13.5. The van der Waals surface area contributed by atoms with Crippen molar-refractivity contribution in [2.24, 2.45) is 23.7 Å². The summed E-state index contributed by atoms with van der Waals surface area (Å²) in [5.74, 6) is 2.71. The number of hydrogen-bond acceptors (Lipinski definition) is 6. The molecule has 1 atom stereocenters. The topological polar surface area (TPSA) is 91.5 Å². The van der Waals surface area contributed by atoms with E-state index in [1.165, 1.54) is 44.2 Å². The molecule has 0 radical (unpaired) electrons. The minimum Gasteiger partial charge on any atom is -0.380 e. The van der Waals surface area contributed by atoms with Gasteiger partial charge in [0, 0.05) is 23.3 Å². The quantitative estimate of drug-likeness (QED) is 0.261. The van der Waals surface area contributed by atoms with Gasteiger partial charge in [-0.1, -0.05) is 28.9 Å². The van der Waals surface area contributed by atoms with Gasteiger partial charge in [-0.05, 0) is 98.4 Å². The molecule has 0 aliphatic heterocycles. The average Bonchev–Trinajstić information content (AvgIpc) is 3.70. The smallest absolute Gasteiger partial charge is 0.148 e. The molecule has 5 saturated carbocycles. The van der Waals surface area contributed by atoms with Crippen LogP contribution in [0.25, 0.3) is 10.9 Å². The molecule has 2 aromatic carbocycles. The largest absolute Gasteiger partial charge is 0.380 e. The van der Waals surface area contributed by atoms with Gasteiger partial charge in [-0.3, -0.25) is 4.98 Å². The van der Waals surface area contributed by atoms with Crippen LogP contribution >= 0.6 is 11.6 Å². The third-order valence-corrected chi connectivity index (χ3v) is 10.6. The minimum absolute atomic E-state index is 0.299. The van der Waals surface area contributed by atoms with Gasteiger partial charge in [0.05, 0.1) is 39.5 Å². The van der Waals surface area contributed by atoms with E-state index in [0.717, 1.165) is 52.7 Å². The van der Waals surface area contributed by atoms with Gasteiger partial charge in [0.1, 0.15) is 25.4 Å². The van der Waals surface area contributed by atoms with Gasteiger partial charge in [0.2, 0.25) is 0 Å². The molecular formula is C32H32BClFN7. The zero-order chi connectivity index (χ0) is 28.6. The van der Waals surface area contributed by atoms with Crippen molar-refractivity contribution in [2.75, 3.05) is 10.6 Å². The molecule has 4 aromatic rings. The first-order valence-electron chi connectivity index (χ1n) is 15.1. The number of anilines is 2. The number of pyridine rings is 1. The SMILES string of the molecule is BC(Nc1cc(Cl)c2ncc(C#N)c(NC3C4CC5CC(C4)CC3C5)c2c1)(c1ccc(F)cc1)c1cn(C2CC2)nn1. The summed E-state index contributed by atoms with van der Waals surface area (Å²) in [4.78, 5) is 4.60. The van der Waals surface area contributed by atoms with Crippen LogP contribution < -0.4 is 10.6 Å². The molecule has 212 valence electrons. The highest BCUT2D eigenvalue weighted by molar-refractivity contribution is 6.36. The van der Waals surface area contributed by atoms with Crippen molar-refractivity contribution in [3.8, 4) is 6.07 Å². The molecular weight excluding hydrogens is 548 g/mol. The zero-order valence-corrected chi connectivity index (χ0v) is 24.3. The molecule has 1 unspecified atom stereocenters. The van der Waals surface area contributed by atoms with Crippen molar-refractivity contribution in [1.82, 2.24) is 20.0 Å². The molecule has 42 heavy (non-hydrogen) atoms. The van der Waals surface area contributed by atoms with Crippen LogP contribution in [0.3, 0.4) is 0 Å². The number of rotatable bonds is 7. The number of fused-ring (bicyclic) bond motifs is 1. The monoisotopic (exact) mass is 579 g/mol. The summed E-state index contributed by atoms with van der Waals surface area (Å²) < 4.78 is 15.9. The highest BCUT2D eigenvalue weighted by Crippen LogP contribution is 2.54. The van der Waals surface area contributed by atoms with Crippen LogP contribution in [-0.2, 0) is 5.44 Å². The lowest BCUT2D eigenvalue weighted by molar-refractivity contribution is 0.00757. The summed E-state index contributed by atoms with van der Waals surface area (Å²) in [6.45, 7) is 0. The van der Waals surface area contributed by atoms with E-state index in [1.54, 1.807) is 18.3 Å². The number of halogens is 2. The second kappa shape index (κ2) is 9.70. The fourth-order valence-corrected chi connectivity index (χ4v) is 8.55. The Morgan fingerprint density at radius 3 is 2.43 bits per heavy atom. The van der Waals surface area contributed by atoms with Gasteiger partial charge < -0.3 is 10.6 Å². The predicted molar refractivity (Wildman–Crippen MR) is 164 cm³/mol. The van der Waals surface area contributed by atoms with Crippen molar-refractivity contribution in [1.29, 1.82) is 5.26 Å². The molecule has 0 amide bonds. The van der Waals surface area contributed by atoms with Crippen LogP contribution in [0.2, 0.25) is 5.02 Å². The second-order valence-corrected chi connectivity index (χ2v) is 13.6. The van der Waals surface area contributed by atoms with Crippen LogP contribution in [0.5, 0.6) is 0 Å². The molecule has 5 aliphatic carbocycles. The predicted octanol–water partition coefficient (Wildman–Crippen LogP) is 6.01. The number of hydrogen-bond donors (Lipinski definition) is 2. The number of nitrogens with one attached hydrogen (secondary N) is 2. The van der Waals surface area contributed by atoms with Gasteiger partial charge in [0.15, 0.2) is 0 Å². The van der Waals surface area contributed by atoms with E-state index in [4.69, 9.17) is 11.6 Å². The molecule has 0 spiro atoms. The van der Waals surface area contributed by atoms with E-state index in [9.17, 15) is 9.65 Å². The van der Waals surface area contributed by atoms with Crippen LogP contribution in [-0.4, -0.2) is 33.9 Å². The Morgan fingerprint density at radius 1 is 1.05 bits per heavy atom. The summed E-state index contributed by atoms with van der Waals surface area (Å²) in [5, 5.41) is 28.0. The highest BCUT2D eigenvalue weighted by Gasteiger charge is 2.48. The Hall–Kier alpha value is -3.64. The average molecular weight is 580 g/mol. The summed E-state index contributed by atoms with van der Waals surface area (Å²) in [6.07, 6.45) is 12.3. The van der Waals surface area contributed by atoms with Crippen molar-refractivity contribution < 1.29 is 4.39 Å². The third-order valence-electron chi connectivity index (χ3n) is 10.3. The van der Waals surface area contributed by atoms with Crippen molar-refractivity contribution in [3.63, 3.8) is 0 Å². The number of aromatic nitrogens is 4. The highest BCUT2D eigenvalue weighted by atomic mass is 35.5. The van der Waals surface area contributed by atoms with E-state index in [0.29, 0.717) is 40.0 Å². The Bertz CT molecular complexity index is 1700. The number of nitriles is 1. The maximum Gasteiger partial charge on any atom is 0.148 e. The maximum absolute atomic E-state index is 14.0. The second-order valence-electron chi connectivity index (χ2n) is 13.2. The molecule has 7 nitrogen and oxygen atoms in total. The molecule has 9 rings (SSSR count). The molecule has 5 fully saturated rings. The first-order valence-corrected chi connectivity index (χ1v) is 15.5. The fourth-order valence-electron chi connectivity index (χ4n) is 8.28. The van der Waals surface area contributed by atoms with Crippen molar-refractivity contribution in [3.05, 3.63) is 76.5 Å². The minimum atomic E-state index is -0.826. The molecule has 2 N–H and O–H groups in total. The van der Waals surface area contributed by atoms with Gasteiger partial charge in [-0.15, -0.1) is 5.10 Å². The van der Waals surface area contributed by atoms with Crippen LogP contribution in [0.15, 0.2) is 48.8 Å². The summed E-state index contributed by atoms with van der Waals surface area (Å²) in [7, 11) is 2.03. The maximum atomic E-state index is 14.0. The van der Waals surface area contributed by atoms with Gasteiger partial charge in [0.25, 0.3) is 0 Å². The van der Waals surface area contributed by atoms with Gasteiger partial charge in [-0.2, -0.15) is 5.26 Å². The molecule has 10 heteroatoms. The Morgan fingerprint density at radius 2 is 1.76 bits per heavy atom. The van der Waals surface area contributed by atoms with Crippen LogP contribution in [0.1, 0.15) is 67.8 Å². The molecule has 2 aromatic heterocycles. The Kier molecular flexibility index (Phi) is 6.01. The molecule has 2 heterocycles. The lowest BCUT2D eigenvalue weighted by Crippen LogP contribution is -2.51. The Balaban J connectivity index is 1.21. The summed E-state index contributed by atoms with van der Waals surface area (Å²) in [5.41, 5.74) is 3.51. The van der Waals surface area contributed by atoms with E-state index >= 15 is 0 Å². The standard InChI is InChI=1S/C32H32BClFN7/c33-32(22-1-3-23(35)4-2-22,28-16-42(41-40-28)25-5-6-25)39-24-12-26-30(21(14-36)15-37-31(26)27(34)13-24)38-29-19-8-17-7-18(10-19)11-20(29)9-17/h1-4,12-13,15-20,25,29,39H,5-11,33H2,(H,37,38). The number of nitrogens with zero attached hydrogens (tertiary/aromatic N) is 5. The van der Waals surface area contributed by atoms with E-state index in [1.807, 2.05) is 30.9 Å². The third kappa shape index (κ3) is 4.34. The number of benzene rings is 2. The van der Waals surface area contributed by atoms with E-state index in [-0.39, 0.29) is 5.82 Å². The molecule has 0 saturated heterocycles. The van der Waals surface area contributed by atoms with Gasteiger partial charge >= 0.3 is 0 Å². The summed E-state index contributed by atoms with van der Waals surface area (Å²) >= 11 is 6.89. The van der Waals surface area contributed by atoms with E-state index in [2.05, 4.69) is 32.0 Å². The van der Waals surface area contributed by atoms with Crippen LogP contribution in [0, 0.1) is 40.8 Å². The normalized spacial score (nSPS) is 27.5. The first-order chi connectivity index (χ1) is 20.4. The lowest BCUT2D eigenvalue weighted by atomic mass is 9.54. The fraction of sp³-hybridized carbons (Fsp3) is 0.438. The van der Waals surface area contributed by atoms with Crippen molar-refractivity contribution >= 4 is 41.7 Å². The molecule has 4 bridgehead atoms. The zero-order valence-electron chi connectivity index (χ0n) is 23.5. The first kappa shape index (κ1) is 26.0. The van der Waals surface area contributed by atoms with Gasteiger partial charge in [-0.25, -0.2) is 9.07 Å². The molecule has 5 aliphatic rings. The van der Waals surface area contributed by atoms with Crippen molar-refractivity contribution in [2.45, 2.75) is 62.5 Å². The lowest BCUT2D eigenvalue weighted by Gasteiger charge is -2.54. The van der Waals surface area contributed by atoms with Crippen LogP contribution in [0.4, 0.5) is 15.8 Å². The Labute approximate surface area is 250 Å². The van der Waals surface area contributed by atoms with E-state index < -0.39 is 5.44 Å².